The lowest BCUT2D eigenvalue weighted by molar-refractivity contribution is 0.424. The van der Waals surface area contributed by atoms with Gasteiger partial charge in [0.2, 0.25) is 0 Å². The molecule has 1 unspecified atom stereocenters. The highest BCUT2D eigenvalue weighted by molar-refractivity contribution is 5.48. The molecule has 0 saturated carbocycles. The van der Waals surface area contributed by atoms with Crippen LogP contribution in [-0.2, 0) is 6.54 Å². The molecule has 1 saturated heterocycles. The number of hydrogen-bond donors (Lipinski definition) is 1. The Hall–Kier alpha value is -1.09. The smallest absolute Gasteiger partial charge is 0.131 e. The summed E-state index contributed by atoms with van der Waals surface area (Å²) in [5.41, 5.74) is 2.72. The average Bonchev–Trinajstić information content (AvgIpc) is 2.84. The maximum atomic E-state index is 4.72. The lowest BCUT2D eigenvalue weighted by Gasteiger charge is -2.22. The molecule has 3 nitrogen and oxygen atoms in total. The predicted molar refractivity (Wildman–Crippen MR) is 86.2 cm³/mol. The minimum absolute atomic E-state index is 0.149. The zero-order valence-electron chi connectivity index (χ0n) is 13.7. The molecule has 0 aliphatic carbocycles. The molecule has 0 radical (unpaired) electrons. The van der Waals surface area contributed by atoms with Crippen molar-refractivity contribution in [3.8, 4) is 0 Å². The van der Waals surface area contributed by atoms with Crippen LogP contribution in [0.15, 0.2) is 12.3 Å². The zero-order chi connectivity index (χ0) is 14.8. The first-order valence-corrected chi connectivity index (χ1v) is 7.84. The van der Waals surface area contributed by atoms with Gasteiger partial charge < -0.3 is 10.2 Å². The fourth-order valence-electron chi connectivity index (χ4n) is 2.78. The van der Waals surface area contributed by atoms with Crippen LogP contribution < -0.4 is 10.2 Å². The van der Waals surface area contributed by atoms with E-state index in [0.717, 1.165) is 19.0 Å². The van der Waals surface area contributed by atoms with Gasteiger partial charge in [-0.2, -0.15) is 0 Å². The van der Waals surface area contributed by atoms with Crippen molar-refractivity contribution in [3.63, 3.8) is 0 Å². The van der Waals surface area contributed by atoms with Crippen LogP contribution in [-0.4, -0.2) is 23.6 Å². The highest BCUT2D eigenvalue weighted by Crippen LogP contribution is 2.26. The van der Waals surface area contributed by atoms with E-state index in [9.17, 15) is 0 Å². The first kappa shape index (κ1) is 15.3. The predicted octanol–water partition coefficient (Wildman–Crippen LogP) is 3.51. The van der Waals surface area contributed by atoms with E-state index in [-0.39, 0.29) is 5.54 Å². The topological polar surface area (TPSA) is 28.2 Å². The highest BCUT2D eigenvalue weighted by atomic mass is 15.2. The van der Waals surface area contributed by atoms with E-state index in [1.165, 1.54) is 36.3 Å². The molecule has 0 spiro atoms. The monoisotopic (exact) mass is 275 g/mol. The number of aromatic nitrogens is 1. The van der Waals surface area contributed by atoms with Crippen LogP contribution in [0.2, 0.25) is 0 Å². The Labute approximate surface area is 123 Å². The molecule has 1 N–H and O–H groups in total. The van der Waals surface area contributed by atoms with Crippen LogP contribution in [0, 0.1) is 12.8 Å². The minimum Gasteiger partial charge on any atom is -0.356 e. The summed E-state index contributed by atoms with van der Waals surface area (Å²) in [4.78, 5) is 7.16. The summed E-state index contributed by atoms with van der Waals surface area (Å²) in [6.07, 6.45) is 4.62. The molecule has 2 heterocycles. The van der Waals surface area contributed by atoms with Gasteiger partial charge in [-0.25, -0.2) is 4.98 Å². The number of nitrogens with zero attached hydrogens (tertiary/aromatic N) is 2. The molecule has 3 heteroatoms. The standard InChI is InChI=1S/C17H29N3/c1-6-14-7-8-20(12-14)16-13(2)9-15(10-18-16)11-19-17(3,4)5/h9-10,14,19H,6-8,11-12H2,1-5H3. The van der Waals surface area contributed by atoms with Crippen molar-refractivity contribution in [3.05, 3.63) is 23.4 Å². The van der Waals surface area contributed by atoms with E-state index in [1.54, 1.807) is 0 Å². The van der Waals surface area contributed by atoms with E-state index in [0.29, 0.717) is 0 Å². The van der Waals surface area contributed by atoms with Crippen LogP contribution in [0.4, 0.5) is 5.82 Å². The molecule has 112 valence electrons. The van der Waals surface area contributed by atoms with Gasteiger partial charge in [0.25, 0.3) is 0 Å². The second-order valence-electron chi connectivity index (χ2n) is 7.10. The van der Waals surface area contributed by atoms with Crippen molar-refractivity contribution in [2.45, 2.75) is 59.5 Å². The zero-order valence-corrected chi connectivity index (χ0v) is 13.7. The Balaban J connectivity index is 2.03. The van der Waals surface area contributed by atoms with E-state index in [2.05, 4.69) is 50.9 Å². The number of aryl methyl sites for hydroxylation is 1. The Morgan fingerprint density at radius 2 is 2.15 bits per heavy atom. The highest BCUT2D eigenvalue weighted by Gasteiger charge is 2.23. The Kier molecular flexibility index (Phi) is 4.69. The average molecular weight is 275 g/mol. The number of anilines is 1. The van der Waals surface area contributed by atoms with Crippen LogP contribution in [0.5, 0.6) is 0 Å². The second kappa shape index (κ2) is 6.13. The van der Waals surface area contributed by atoms with Gasteiger partial charge in [0.05, 0.1) is 0 Å². The number of pyridine rings is 1. The third-order valence-electron chi connectivity index (χ3n) is 4.09. The second-order valence-corrected chi connectivity index (χ2v) is 7.10. The van der Waals surface area contributed by atoms with E-state index < -0.39 is 0 Å². The largest absolute Gasteiger partial charge is 0.356 e. The Morgan fingerprint density at radius 3 is 2.70 bits per heavy atom. The molecule has 1 aromatic rings. The van der Waals surface area contributed by atoms with Crippen LogP contribution >= 0.6 is 0 Å². The summed E-state index contributed by atoms with van der Waals surface area (Å²) in [7, 11) is 0. The van der Waals surface area contributed by atoms with Gasteiger partial charge in [0.1, 0.15) is 5.82 Å². The first-order valence-electron chi connectivity index (χ1n) is 7.84. The maximum absolute atomic E-state index is 4.72. The van der Waals surface area contributed by atoms with Gasteiger partial charge in [-0.1, -0.05) is 13.3 Å². The van der Waals surface area contributed by atoms with Crippen molar-refractivity contribution in [1.82, 2.24) is 10.3 Å². The van der Waals surface area contributed by atoms with Gasteiger partial charge in [0, 0.05) is 31.4 Å². The number of rotatable bonds is 4. The molecule has 0 bridgehead atoms. The SMILES string of the molecule is CCC1CCN(c2ncc(CNC(C)(C)C)cc2C)C1. The fraction of sp³-hybridized carbons (Fsp3) is 0.706. The molecule has 0 amide bonds. The van der Waals surface area contributed by atoms with Crippen molar-refractivity contribution in [2.75, 3.05) is 18.0 Å². The van der Waals surface area contributed by atoms with Crippen LogP contribution in [0.25, 0.3) is 0 Å². The van der Waals surface area contributed by atoms with Crippen LogP contribution in [0.1, 0.15) is 51.7 Å². The summed E-state index contributed by atoms with van der Waals surface area (Å²) in [5.74, 6) is 2.03. The third kappa shape index (κ3) is 3.95. The van der Waals surface area contributed by atoms with Crippen LogP contribution in [0.3, 0.4) is 0 Å². The summed E-state index contributed by atoms with van der Waals surface area (Å²) < 4.78 is 0. The molecule has 1 atom stereocenters. The lowest BCUT2D eigenvalue weighted by atomic mass is 10.1. The molecular weight excluding hydrogens is 246 g/mol. The van der Waals surface area contributed by atoms with Gasteiger partial charge in [-0.05, 0) is 57.2 Å². The molecule has 1 aromatic heterocycles. The summed E-state index contributed by atoms with van der Waals surface area (Å²) in [6, 6.07) is 2.28. The van der Waals surface area contributed by atoms with Gasteiger partial charge in [-0.15, -0.1) is 0 Å². The molecule has 2 rings (SSSR count). The van der Waals surface area contributed by atoms with Gasteiger partial charge in [-0.3, -0.25) is 0 Å². The maximum Gasteiger partial charge on any atom is 0.131 e. The Bertz CT molecular complexity index is 448. The van der Waals surface area contributed by atoms with Crippen molar-refractivity contribution in [2.24, 2.45) is 5.92 Å². The summed E-state index contributed by atoms with van der Waals surface area (Å²) in [6.45, 7) is 14.3. The van der Waals surface area contributed by atoms with Crippen molar-refractivity contribution < 1.29 is 0 Å². The summed E-state index contributed by atoms with van der Waals surface area (Å²) in [5, 5.41) is 3.52. The molecular formula is C17H29N3. The molecule has 20 heavy (non-hydrogen) atoms. The van der Waals surface area contributed by atoms with E-state index >= 15 is 0 Å². The third-order valence-corrected chi connectivity index (χ3v) is 4.09. The molecule has 1 aliphatic heterocycles. The quantitative estimate of drug-likeness (QED) is 0.911. The Morgan fingerprint density at radius 1 is 1.40 bits per heavy atom. The number of hydrogen-bond acceptors (Lipinski definition) is 3. The van der Waals surface area contributed by atoms with Gasteiger partial charge in [0.15, 0.2) is 0 Å². The van der Waals surface area contributed by atoms with Gasteiger partial charge >= 0.3 is 0 Å². The van der Waals surface area contributed by atoms with E-state index in [4.69, 9.17) is 4.98 Å². The van der Waals surface area contributed by atoms with Crippen molar-refractivity contribution >= 4 is 5.82 Å². The normalized spacial score (nSPS) is 19.6. The molecule has 0 aromatic carbocycles. The molecule has 1 aliphatic rings. The summed E-state index contributed by atoms with van der Waals surface area (Å²) >= 11 is 0. The molecule has 1 fully saturated rings. The number of nitrogens with one attached hydrogen (secondary N) is 1. The van der Waals surface area contributed by atoms with E-state index in [1.807, 2.05) is 6.20 Å². The first-order chi connectivity index (χ1) is 9.39. The lowest BCUT2D eigenvalue weighted by Crippen LogP contribution is -2.35. The fourth-order valence-corrected chi connectivity index (χ4v) is 2.78. The van der Waals surface area contributed by atoms with Crippen molar-refractivity contribution in [1.29, 1.82) is 0 Å². The minimum atomic E-state index is 0.149.